The van der Waals surface area contributed by atoms with E-state index in [-0.39, 0.29) is 17.6 Å². The summed E-state index contributed by atoms with van der Waals surface area (Å²) in [6, 6.07) is 6.51. The van der Waals surface area contributed by atoms with Gasteiger partial charge in [-0.1, -0.05) is 18.2 Å². The van der Waals surface area contributed by atoms with Crippen molar-refractivity contribution < 1.29 is 13.9 Å². The monoisotopic (exact) mass is 255 g/mol. The van der Waals surface area contributed by atoms with Gasteiger partial charge in [-0.05, 0) is 36.3 Å². The molecule has 0 amide bonds. The highest BCUT2D eigenvalue weighted by atomic mass is 19.3. The average molecular weight is 255 g/mol. The third-order valence-corrected chi connectivity index (χ3v) is 3.63. The van der Waals surface area contributed by atoms with Crippen molar-refractivity contribution in [2.45, 2.75) is 32.2 Å². The van der Waals surface area contributed by atoms with E-state index < -0.39 is 6.43 Å². The second kappa shape index (κ2) is 5.76. The first-order valence-electron chi connectivity index (χ1n) is 6.34. The van der Waals surface area contributed by atoms with Crippen LogP contribution in [0.4, 0.5) is 8.78 Å². The molecule has 4 heteroatoms. The molecule has 2 rings (SSSR count). The highest BCUT2D eigenvalue weighted by Gasteiger charge is 2.41. The molecule has 0 unspecified atom stereocenters. The Morgan fingerprint density at radius 3 is 2.72 bits per heavy atom. The van der Waals surface area contributed by atoms with Gasteiger partial charge in [0.25, 0.3) is 6.43 Å². The van der Waals surface area contributed by atoms with Gasteiger partial charge in [-0.15, -0.1) is 0 Å². The van der Waals surface area contributed by atoms with Crippen LogP contribution in [0.5, 0.6) is 0 Å². The van der Waals surface area contributed by atoms with E-state index in [2.05, 4.69) is 5.32 Å². The third-order valence-electron chi connectivity index (χ3n) is 3.63. The van der Waals surface area contributed by atoms with E-state index in [4.69, 9.17) is 5.11 Å². The van der Waals surface area contributed by atoms with Gasteiger partial charge >= 0.3 is 0 Å². The maximum Gasteiger partial charge on any atom is 0.263 e. The summed E-state index contributed by atoms with van der Waals surface area (Å²) in [5, 5.41) is 12.2. The molecule has 1 aromatic carbocycles. The van der Waals surface area contributed by atoms with Gasteiger partial charge in [-0.2, -0.15) is 0 Å². The Kier molecular flexibility index (Phi) is 4.30. The number of hydrogen-bond acceptors (Lipinski definition) is 2. The van der Waals surface area contributed by atoms with Gasteiger partial charge in [-0.3, -0.25) is 0 Å². The lowest BCUT2D eigenvalue weighted by Crippen LogP contribution is -2.24. The molecule has 0 saturated heterocycles. The summed E-state index contributed by atoms with van der Waals surface area (Å²) in [7, 11) is 0. The van der Waals surface area contributed by atoms with Crippen LogP contribution in [0.2, 0.25) is 0 Å². The fraction of sp³-hybridized carbons (Fsp3) is 0.571. The van der Waals surface area contributed by atoms with Crippen molar-refractivity contribution in [2.75, 3.05) is 13.2 Å². The molecule has 1 fully saturated rings. The molecule has 0 aliphatic heterocycles. The Morgan fingerprint density at radius 2 is 2.11 bits per heavy atom. The average Bonchev–Trinajstić information content (AvgIpc) is 3.10. The Hall–Kier alpha value is -1.00. The fourth-order valence-corrected chi connectivity index (χ4v) is 2.24. The predicted octanol–water partition coefficient (Wildman–Crippen LogP) is 2.88. The lowest BCUT2D eigenvalue weighted by molar-refractivity contribution is 0.151. The zero-order valence-corrected chi connectivity index (χ0v) is 10.3. The maximum absolute atomic E-state index is 12.5. The quantitative estimate of drug-likeness (QED) is 0.785. The SMILES string of the molecule is OCCC1(CNCc2cccc(C(F)F)c2)CC1. The van der Waals surface area contributed by atoms with E-state index in [0.29, 0.717) is 6.54 Å². The van der Waals surface area contributed by atoms with Gasteiger partial charge in [0.1, 0.15) is 0 Å². The van der Waals surface area contributed by atoms with Crippen LogP contribution in [-0.4, -0.2) is 18.3 Å². The molecule has 2 nitrogen and oxygen atoms in total. The first kappa shape index (κ1) is 13.4. The summed E-state index contributed by atoms with van der Waals surface area (Å²) in [5.41, 5.74) is 1.22. The minimum Gasteiger partial charge on any atom is -0.396 e. The minimum absolute atomic E-state index is 0.0748. The molecule has 2 N–H and O–H groups in total. The standard InChI is InChI=1S/C14H19F2NO/c15-13(16)12-3-1-2-11(8-12)9-17-10-14(4-5-14)6-7-18/h1-3,8,13,17-18H,4-7,9-10H2. The highest BCUT2D eigenvalue weighted by Crippen LogP contribution is 2.47. The molecule has 1 aliphatic rings. The van der Waals surface area contributed by atoms with Crippen LogP contribution in [-0.2, 0) is 6.54 Å². The summed E-state index contributed by atoms with van der Waals surface area (Å²) in [6.07, 6.45) is 0.723. The Morgan fingerprint density at radius 1 is 1.33 bits per heavy atom. The number of hydrogen-bond donors (Lipinski definition) is 2. The Balaban J connectivity index is 1.81. The van der Waals surface area contributed by atoms with Gasteiger partial charge in [-0.25, -0.2) is 8.78 Å². The first-order chi connectivity index (χ1) is 8.65. The normalized spacial score (nSPS) is 17.1. The molecule has 0 heterocycles. The van der Waals surface area contributed by atoms with Gasteiger partial charge in [0, 0.05) is 25.3 Å². The van der Waals surface area contributed by atoms with Crippen molar-refractivity contribution >= 4 is 0 Å². The van der Waals surface area contributed by atoms with E-state index >= 15 is 0 Å². The second-order valence-corrected chi connectivity index (χ2v) is 5.12. The minimum atomic E-state index is -2.41. The van der Waals surface area contributed by atoms with Crippen LogP contribution in [0.15, 0.2) is 24.3 Å². The molecule has 100 valence electrons. The summed E-state index contributed by atoms with van der Waals surface area (Å²) < 4.78 is 25.0. The number of halogens is 2. The van der Waals surface area contributed by atoms with E-state index in [1.165, 1.54) is 6.07 Å². The summed E-state index contributed by atoms with van der Waals surface area (Å²) >= 11 is 0. The van der Waals surface area contributed by atoms with E-state index in [1.54, 1.807) is 12.1 Å². The van der Waals surface area contributed by atoms with E-state index in [1.807, 2.05) is 6.07 Å². The molecule has 0 spiro atoms. The summed E-state index contributed by atoms with van der Waals surface area (Å²) in [6.45, 7) is 1.68. The van der Waals surface area contributed by atoms with Gasteiger partial charge in [0.15, 0.2) is 0 Å². The molecular weight excluding hydrogens is 236 g/mol. The zero-order valence-electron chi connectivity index (χ0n) is 10.3. The van der Waals surface area contributed by atoms with Gasteiger partial charge in [0.2, 0.25) is 0 Å². The zero-order chi connectivity index (χ0) is 13.0. The number of alkyl halides is 2. The van der Waals surface area contributed by atoms with Crippen molar-refractivity contribution in [3.63, 3.8) is 0 Å². The molecule has 0 radical (unpaired) electrons. The maximum atomic E-state index is 12.5. The van der Waals surface area contributed by atoms with Crippen LogP contribution in [0, 0.1) is 5.41 Å². The van der Waals surface area contributed by atoms with Crippen LogP contribution < -0.4 is 5.32 Å². The second-order valence-electron chi connectivity index (χ2n) is 5.12. The van der Waals surface area contributed by atoms with Crippen molar-refractivity contribution in [3.05, 3.63) is 35.4 Å². The van der Waals surface area contributed by atoms with Crippen LogP contribution in [0.25, 0.3) is 0 Å². The van der Waals surface area contributed by atoms with Crippen molar-refractivity contribution in [1.29, 1.82) is 0 Å². The molecule has 0 bridgehead atoms. The van der Waals surface area contributed by atoms with Crippen LogP contribution >= 0.6 is 0 Å². The third kappa shape index (κ3) is 3.50. The molecule has 0 atom stereocenters. The lowest BCUT2D eigenvalue weighted by atomic mass is 10.0. The van der Waals surface area contributed by atoms with Crippen LogP contribution in [0.1, 0.15) is 36.8 Å². The Bertz CT molecular complexity index is 391. The molecule has 1 aliphatic carbocycles. The van der Waals surface area contributed by atoms with E-state index in [0.717, 1.165) is 31.4 Å². The molecule has 1 aromatic rings. The predicted molar refractivity (Wildman–Crippen MR) is 66.5 cm³/mol. The molecule has 0 aromatic heterocycles. The summed E-state index contributed by atoms with van der Waals surface area (Å²) in [4.78, 5) is 0. The Labute approximate surface area is 106 Å². The number of benzene rings is 1. The lowest BCUT2D eigenvalue weighted by Gasteiger charge is -2.14. The summed E-state index contributed by atoms with van der Waals surface area (Å²) in [5.74, 6) is 0. The first-order valence-corrected chi connectivity index (χ1v) is 6.34. The van der Waals surface area contributed by atoms with Crippen molar-refractivity contribution in [2.24, 2.45) is 5.41 Å². The smallest absolute Gasteiger partial charge is 0.263 e. The van der Waals surface area contributed by atoms with Gasteiger partial charge in [0.05, 0.1) is 0 Å². The number of nitrogens with one attached hydrogen (secondary N) is 1. The number of aliphatic hydroxyl groups excluding tert-OH is 1. The number of rotatable bonds is 7. The van der Waals surface area contributed by atoms with E-state index in [9.17, 15) is 8.78 Å². The highest BCUT2D eigenvalue weighted by molar-refractivity contribution is 5.24. The molecule has 18 heavy (non-hydrogen) atoms. The van der Waals surface area contributed by atoms with Crippen LogP contribution in [0.3, 0.4) is 0 Å². The topological polar surface area (TPSA) is 32.3 Å². The molecular formula is C14H19F2NO. The molecule has 1 saturated carbocycles. The number of aliphatic hydroxyl groups is 1. The van der Waals surface area contributed by atoms with Gasteiger partial charge < -0.3 is 10.4 Å². The largest absolute Gasteiger partial charge is 0.396 e. The van der Waals surface area contributed by atoms with Crippen molar-refractivity contribution in [3.8, 4) is 0 Å². The van der Waals surface area contributed by atoms with Crippen molar-refractivity contribution in [1.82, 2.24) is 5.32 Å². The fourth-order valence-electron chi connectivity index (χ4n) is 2.24.